The Bertz CT molecular complexity index is 974. The third-order valence-electron chi connectivity index (χ3n) is 3.93. The molecule has 3 aromatic rings. The highest BCUT2D eigenvalue weighted by molar-refractivity contribution is 7.11. The van der Waals surface area contributed by atoms with Crippen LogP contribution in [0.3, 0.4) is 0 Å². The van der Waals surface area contributed by atoms with Crippen LogP contribution in [0, 0.1) is 5.82 Å². The van der Waals surface area contributed by atoms with E-state index in [-0.39, 0.29) is 12.4 Å². The maximum Gasteiger partial charge on any atom is 0.339 e. The summed E-state index contributed by atoms with van der Waals surface area (Å²) in [6, 6.07) is 16.2. The van der Waals surface area contributed by atoms with E-state index in [4.69, 9.17) is 4.74 Å². The lowest BCUT2D eigenvalue weighted by molar-refractivity contribution is -0.137. The summed E-state index contributed by atoms with van der Waals surface area (Å²) < 4.78 is 23.2. The topological polar surface area (TPSA) is 52.6 Å². The van der Waals surface area contributed by atoms with Gasteiger partial charge < -0.3 is 9.47 Å². The second-order valence-corrected chi connectivity index (χ2v) is 6.80. The SMILES string of the molecule is COC(=O)c1ccc(COC(=O)/C(=C/c2ccc(F)cc2)c2cccs2)cc1. The smallest absolute Gasteiger partial charge is 0.339 e. The number of hydrogen-bond acceptors (Lipinski definition) is 5. The molecule has 0 amide bonds. The fourth-order valence-corrected chi connectivity index (χ4v) is 3.20. The molecule has 0 saturated heterocycles. The Morgan fingerprint density at radius 2 is 1.75 bits per heavy atom. The van der Waals surface area contributed by atoms with Crippen LogP contribution in [0.25, 0.3) is 11.6 Å². The first kappa shape index (κ1) is 19.5. The van der Waals surface area contributed by atoms with E-state index in [1.807, 2.05) is 17.5 Å². The molecule has 1 aromatic heterocycles. The van der Waals surface area contributed by atoms with Gasteiger partial charge in [-0.25, -0.2) is 14.0 Å². The second kappa shape index (κ2) is 9.10. The molecule has 6 heteroatoms. The van der Waals surface area contributed by atoms with Gasteiger partial charge in [-0.3, -0.25) is 0 Å². The number of carbonyl (C=O) groups is 2. The fraction of sp³-hybridized carbons (Fsp3) is 0.0909. The van der Waals surface area contributed by atoms with Crippen molar-refractivity contribution in [3.63, 3.8) is 0 Å². The van der Waals surface area contributed by atoms with Gasteiger partial charge in [-0.05, 0) is 52.9 Å². The lowest BCUT2D eigenvalue weighted by atomic mass is 10.1. The molecule has 0 aliphatic carbocycles. The summed E-state index contributed by atoms with van der Waals surface area (Å²) in [5, 5.41) is 1.87. The van der Waals surface area contributed by atoms with Gasteiger partial charge in [0.25, 0.3) is 0 Å². The molecule has 1 heterocycles. The molecule has 2 aromatic carbocycles. The lowest BCUT2D eigenvalue weighted by Crippen LogP contribution is -2.07. The molecule has 0 N–H and O–H groups in total. The zero-order valence-electron chi connectivity index (χ0n) is 15.1. The molecule has 0 fully saturated rings. The Kier molecular flexibility index (Phi) is 6.34. The van der Waals surface area contributed by atoms with Gasteiger partial charge in [0.1, 0.15) is 12.4 Å². The number of rotatable bonds is 6. The second-order valence-electron chi connectivity index (χ2n) is 5.85. The van der Waals surface area contributed by atoms with Gasteiger partial charge in [-0.15, -0.1) is 11.3 Å². The highest BCUT2D eigenvalue weighted by atomic mass is 32.1. The quantitative estimate of drug-likeness (QED) is 0.437. The number of ether oxygens (including phenoxy) is 2. The van der Waals surface area contributed by atoms with Crippen molar-refractivity contribution >= 4 is 34.9 Å². The standard InChI is InChI=1S/C22H17FO4S/c1-26-21(24)17-8-4-16(5-9-17)14-27-22(25)19(20-3-2-12-28-20)13-15-6-10-18(23)11-7-15/h2-13H,14H2,1H3/b19-13+. The van der Waals surface area contributed by atoms with Crippen LogP contribution in [0.15, 0.2) is 66.0 Å². The van der Waals surface area contributed by atoms with Gasteiger partial charge >= 0.3 is 11.9 Å². The average Bonchev–Trinajstić information content (AvgIpc) is 3.26. The molecule has 3 rings (SSSR count). The zero-order valence-corrected chi connectivity index (χ0v) is 15.9. The van der Waals surface area contributed by atoms with E-state index in [1.54, 1.807) is 42.5 Å². The van der Waals surface area contributed by atoms with Crippen LogP contribution in [0.2, 0.25) is 0 Å². The summed E-state index contributed by atoms with van der Waals surface area (Å²) in [4.78, 5) is 24.9. The normalized spacial score (nSPS) is 11.1. The van der Waals surface area contributed by atoms with Crippen molar-refractivity contribution in [2.75, 3.05) is 7.11 Å². The molecule has 142 valence electrons. The van der Waals surface area contributed by atoms with E-state index >= 15 is 0 Å². The van der Waals surface area contributed by atoms with Crippen LogP contribution >= 0.6 is 11.3 Å². The largest absolute Gasteiger partial charge is 0.465 e. The molecule has 0 atom stereocenters. The molecule has 0 bridgehead atoms. The zero-order chi connectivity index (χ0) is 19.9. The van der Waals surface area contributed by atoms with Crippen molar-refractivity contribution in [3.8, 4) is 0 Å². The summed E-state index contributed by atoms with van der Waals surface area (Å²) in [5.74, 6) is -1.25. The van der Waals surface area contributed by atoms with Crippen LogP contribution in [0.4, 0.5) is 4.39 Å². The van der Waals surface area contributed by atoms with Crippen molar-refractivity contribution in [3.05, 3.63) is 93.4 Å². The number of esters is 2. The third kappa shape index (κ3) is 4.92. The summed E-state index contributed by atoms with van der Waals surface area (Å²) in [5.41, 5.74) is 2.26. The van der Waals surface area contributed by atoms with Crippen molar-refractivity contribution in [1.82, 2.24) is 0 Å². The first-order valence-corrected chi connectivity index (χ1v) is 9.30. The van der Waals surface area contributed by atoms with Crippen LogP contribution in [0.1, 0.15) is 26.4 Å². The number of halogens is 1. The van der Waals surface area contributed by atoms with Gasteiger partial charge in [0, 0.05) is 4.88 Å². The minimum Gasteiger partial charge on any atom is -0.465 e. The molecule has 0 aliphatic rings. The highest BCUT2D eigenvalue weighted by Crippen LogP contribution is 2.25. The molecule has 0 saturated carbocycles. The Morgan fingerprint density at radius 1 is 1.04 bits per heavy atom. The summed E-state index contributed by atoms with van der Waals surface area (Å²) in [6.45, 7) is 0.0619. The van der Waals surface area contributed by atoms with Crippen LogP contribution in [-0.4, -0.2) is 19.0 Å². The molecular weight excluding hydrogens is 379 g/mol. The lowest BCUT2D eigenvalue weighted by Gasteiger charge is -2.08. The molecular formula is C22H17FO4S. The molecule has 0 spiro atoms. The van der Waals surface area contributed by atoms with Crippen molar-refractivity contribution in [2.24, 2.45) is 0 Å². The van der Waals surface area contributed by atoms with E-state index in [1.165, 1.54) is 30.6 Å². The van der Waals surface area contributed by atoms with Gasteiger partial charge in [-0.2, -0.15) is 0 Å². The van der Waals surface area contributed by atoms with Crippen molar-refractivity contribution in [1.29, 1.82) is 0 Å². The number of carbonyl (C=O) groups excluding carboxylic acids is 2. The molecule has 28 heavy (non-hydrogen) atoms. The summed E-state index contributed by atoms with van der Waals surface area (Å²) in [7, 11) is 1.32. The Balaban J connectivity index is 1.75. The summed E-state index contributed by atoms with van der Waals surface area (Å²) >= 11 is 1.42. The van der Waals surface area contributed by atoms with Gasteiger partial charge in [0.05, 0.1) is 18.2 Å². The van der Waals surface area contributed by atoms with Crippen molar-refractivity contribution in [2.45, 2.75) is 6.61 Å². The van der Waals surface area contributed by atoms with Crippen LogP contribution in [-0.2, 0) is 20.9 Å². The monoisotopic (exact) mass is 396 g/mol. The molecule has 0 aliphatic heterocycles. The number of hydrogen-bond donors (Lipinski definition) is 0. The van der Waals surface area contributed by atoms with Gasteiger partial charge in [-0.1, -0.05) is 30.3 Å². The summed E-state index contributed by atoms with van der Waals surface area (Å²) in [6.07, 6.45) is 1.67. The van der Waals surface area contributed by atoms with E-state index in [0.717, 1.165) is 10.4 Å². The maximum atomic E-state index is 13.1. The number of thiophene rings is 1. The van der Waals surface area contributed by atoms with E-state index in [0.29, 0.717) is 16.7 Å². The minimum atomic E-state index is -0.483. The fourth-order valence-electron chi connectivity index (χ4n) is 2.47. The predicted octanol–water partition coefficient (Wildman–Crippen LogP) is 4.96. The highest BCUT2D eigenvalue weighted by Gasteiger charge is 2.15. The van der Waals surface area contributed by atoms with Crippen LogP contribution in [0.5, 0.6) is 0 Å². The minimum absolute atomic E-state index is 0.0619. The average molecular weight is 396 g/mol. The van der Waals surface area contributed by atoms with Gasteiger partial charge in [0.15, 0.2) is 0 Å². The van der Waals surface area contributed by atoms with Crippen molar-refractivity contribution < 1.29 is 23.5 Å². The van der Waals surface area contributed by atoms with E-state index < -0.39 is 11.9 Å². The molecule has 0 unspecified atom stereocenters. The van der Waals surface area contributed by atoms with E-state index in [9.17, 15) is 14.0 Å². The Morgan fingerprint density at radius 3 is 2.36 bits per heavy atom. The van der Waals surface area contributed by atoms with Gasteiger partial charge in [0.2, 0.25) is 0 Å². The Labute approximate surface area is 165 Å². The predicted molar refractivity (Wildman–Crippen MR) is 106 cm³/mol. The maximum absolute atomic E-state index is 13.1. The molecule has 4 nitrogen and oxygen atoms in total. The number of benzene rings is 2. The third-order valence-corrected chi connectivity index (χ3v) is 4.84. The first-order valence-electron chi connectivity index (χ1n) is 8.42. The Hall–Kier alpha value is -3.25. The van der Waals surface area contributed by atoms with Crippen LogP contribution < -0.4 is 0 Å². The molecule has 0 radical (unpaired) electrons. The van der Waals surface area contributed by atoms with E-state index in [2.05, 4.69) is 4.74 Å². The number of methoxy groups -OCH3 is 1. The first-order chi connectivity index (χ1) is 13.6.